The van der Waals surface area contributed by atoms with Crippen molar-refractivity contribution >= 4 is 11.9 Å². The number of aryl methyl sites for hydroxylation is 2. The van der Waals surface area contributed by atoms with Gasteiger partial charge in [0, 0.05) is 35.8 Å². The predicted octanol–water partition coefficient (Wildman–Crippen LogP) is 3.54. The smallest absolute Gasteiger partial charge is 0.410 e. The number of ether oxygens (including phenoxy) is 1. The molecule has 0 saturated carbocycles. The molecule has 2 aromatic rings. The highest BCUT2D eigenvalue weighted by molar-refractivity contribution is 5.68. The molecule has 158 valence electrons. The number of alkyl halides is 2. The Hall–Kier alpha value is -2.78. The second-order valence-electron chi connectivity index (χ2n) is 7.89. The molecule has 0 aromatic carbocycles. The van der Waals surface area contributed by atoms with Crippen molar-refractivity contribution in [1.82, 2.24) is 24.6 Å². The molecule has 3 heterocycles. The summed E-state index contributed by atoms with van der Waals surface area (Å²) in [5.41, 5.74) is 0.227. The molecular weight excluding hydrogens is 382 g/mol. The monoisotopic (exact) mass is 411 g/mol. The highest BCUT2D eigenvalue weighted by atomic mass is 19.3. The number of carbonyl (C=O) groups is 1. The minimum absolute atomic E-state index is 0.0291. The van der Waals surface area contributed by atoms with Gasteiger partial charge in [-0.1, -0.05) is 0 Å². The Morgan fingerprint density at radius 1 is 1.38 bits per heavy atom. The molecule has 0 aliphatic carbocycles. The number of likely N-dealkylation sites (tertiary alicyclic amines) is 1. The fourth-order valence-corrected chi connectivity index (χ4v) is 3.04. The number of aromatic nitrogens is 4. The number of rotatable bonds is 4. The van der Waals surface area contributed by atoms with Gasteiger partial charge < -0.3 is 15.0 Å². The maximum Gasteiger partial charge on any atom is 0.410 e. The molecule has 29 heavy (non-hydrogen) atoms. The summed E-state index contributed by atoms with van der Waals surface area (Å²) in [5.74, 6) is -0.522. The maximum atomic E-state index is 13.2. The fourth-order valence-electron chi connectivity index (χ4n) is 3.04. The first kappa shape index (κ1) is 17.1. The molecule has 8 nitrogen and oxygen atoms in total. The maximum absolute atomic E-state index is 13.2. The van der Waals surface area contributed by atoms with E-state index >= 15 is 0 Å². The standard InChI is InChI=1S/C19H26F2N6O2/c1-11-13(16-24-17(15(20)21)26(5)25-16)6-7-14(22-11)23-12-8-9-27(10-12)18(28)29-19(2,3)4/h6-7,12,15H,8-10H2,1-5H3,(H,22,23)/t12-/m0/s1/i5D3. The van der Waals surface area contributed by atoms with Gasteiger partial charge in [0.1, 0.15) is 11.4 Å². The van der Waals surface area contributed by atoms with Crippen molar-refractivity contribution in [3.8, 4) is 11.4 Å². The lowest BCUT2D eigenvalue weighted by Crippen LogP contribution is -2.36. The summed E-state index contributed by atoms with van der Waals surface area (Å²) in [7, 11) is 0. The van der Waals surface area contributed by atoms with Crippen LogP contribution in [0.2, 0.25) is 0 Å². The molecule has 0 bridgehead atoms. The normalized spacial score (nSPS) is 19.1. The average Bonchev–Trinajstić information content (AvgIpc) is 3.27. The molecular formula is C19H26F2N6O2. The third kappa shape index (κ3) is 4.99. The number of hydrogen-bond acceptors (Lipinski definition) is 6. The zero-order valence-electron chi connectivity index (χ0n) is 19.7. The summed E-state index contributed by atoms with van der Waals surface area (Å²) in [4.78, 5) is 22.0. The van der Waals surface area contributed by atoms with E-state index in [1.807, 2.05) is 20.8 Å². The van der Waals surface area contributed by atoms with Crippen LogP contribution in [0, 0.1) is 6.92 Å². The Balaban J connectivity index is 1.72. The fraction of sp³-hybridized carbons (Fsp3) is 0.579. The second kappa shape index (κ2) is 7.92. The largest absolute Gasteiger partial charge is 0.444 e. The third-order valence-corrected chi connectivity index (χ3v) is 4.35. The molecule has 1 saturated heterocycles. The molecule has 1 fully saturated rings. The van der Waals surface area contributed by atoms with Gasteiger partial charge in [0.25, 0.3) is 6.43 Å². The van der Waals surface area contributed by atoms with E-state index in [2.05, 4.69) is 20.4 Å². The van der Waals surface area contributed by atoms with Crippen LogP contribution in [0.5, 0.6) is 0 Å². The number of nitrogens with one attached hydrogen (secondary N) is 1. The number of nitrogens with zero attached hydrogens (tertiary/aromatic N) is 5. The van der Waals surface area contributed by atoms with Gasteiger partial charge in [0.15, 0.2) is 11.6 Å². The average molecular weight is 411 g/mol. The SMILES string of the molecule is [2H]C([2H])([2H])n1nc(-c2ccc(N[C@H]3CCN(C(=O)OC(C)(C)C)C3)nc2C)nc1C(F)F. The molecule has 0 unspecified atom stereocenters. The lowest BCUT2D eigenvalue weighted by Gasteiger charge is -2.24. The van der Waals surface area contributed by atoms with Crippen LogP contribution >= 0.6 is 0 Å². The van der Waals surface area contributed by atoms with Gasteiger partial charge in [-0.15, -0.1) is 0 Å². The molecule has 10 heteroatoms. The van der Waals surface area contributed by atoms with E-state index in [0.29, 0.717) is 36.6 Å². The summed E-state index contributed by atoms with van der Waals surface area (Å²) in [6.07, 6.45) is -2.74. The Morgan fingerprint density at radius 3 is 2.72 bits per heavy atom. The molecule has 1 amide bonds. The first-order chi connectivity index (χ1) is 14.7. The van der Waals surface area contributed by atoms with E-state index < -0.39 is 24.8 Å². The molecule has 1 aliphatic rings. The van der Waals surface area contributed by atoms with Crippen molar-refractivity contribution in [2.75, 3.05) is 18.4 Å². The van der Waals surface area contributed by atoms with Gasteiger partial charge in [0.2, 0.25) is 0 Å². The predicted molar refractivity (Wildman–Crippen MR) is 104 cm³/mol. The molecule has 1 aliphatic heterocycles. The van der Waals surface area contributed by atoms with Crippen LogP contribution < -0.4 is 5.32 Å². The van der Waals surface area contributed by atoms with Crippen LogP contribution in [-0.4, -0.2) is 55.5 Å². The molecule has 1 atom stereocenters. The summed E-state index contributed by atoms with van der Waals surface area (Å²) in [5, 5.41) is 7.02. The quantitative estimate of drug-likeness (QED) is 0.828. The number of pyridine rings is 1. The van der Waals surface area contributed by atoms with Crippen molar-refractivity contribution in [1.29, 1.82) is 0 Å². The second-order valence-corrected chi connectivity index (χ2v) is 7.89. The van der Waals surface area contributed by atoms with E-state index in [1.165, 1.54) is 0 Å². The Labute approximate surface area is 172 Å². The topological polar surface area (TPSA) is 85.2 Å². The zero-order valence-corrected chi connectivity index (χ0v) is 16.7. The summed E-state index contributed by atoms with van der Waals surface area (Å²) < 4.78 is 54.3. The third-order valence-electron chi connectivity index (χ3n) is 4.35. The summed E-state index contributed by atoms with van der Waals surface area (Å²) in [6, 6.07) is 3.20. The number of carbonyl (C=O) groups excluding carboxylic acids is 1. The van der Waals surface area contributed by atoms with Crippen molar-refractivity contribution in [2.24, 2.45) is 6.98 Å². The van der Waals surface area contributed by atoms with E-state index in [9.17, 15) is 13.6 Å². The summed E-state index contributed by atoms with van der Waals surface area (Å²) in [6.45, 7) is 5.22. The molecule has 2 aromatic heterocycles. The highest BCUT2D eigenvalue weighted by Crippen LogP contribution is 2.25. The van der Waals surface area contributed by atoms with Crippen molar-refractivity contribution in [2.45, 2.75) is 52.2 Å². The highest BCUT2D eigenvalue weighted by Gasteiger charge is 2.30. The number of hydrogen-bond donors (Lipinski definition) is 1. The van der Waals surface area contributed by atoms with Crippen LogP contribution in [0.4, 0.5) is 19.4 Å². The van der Waals surface area contributed by atoms with Crippen LogP contribution in [0.25, 0.3) is 11.4 Å². The Bertz CT molecular complexity index is 990. The Kier molecular flexibility index (Phi) is 4.67. The van der Waals surface area contributed by atoms with Crippen molar-refractivity contribution in [3.05, 3.63) is 23.7 Å². The minimum atomic E-state index is -3.08. The van der Waals surface area contributed by atoms with Gasteiger partial charge in [0.05, 0.1) is 5.69 Å². The van der Waals surface area contributed by atoms with Gasteiger partial charge in [-0.25, -0.2) is 28.2 Å². The van der Waals surface area contributed by atoms with Crippen LogP contribution in [0.1, 0.15) is 49.2 Å². The first-order valence-corrected chi connectivity index (χ1v) is 9.22. The molecule has 3 rings (SSSR count). The van der Waals surface area contributed by atoms with Crippen molar-refractivity contribution in [3.63, 3.8) is 0 Å². The van der Waals surface area contributed by atoms with Gasteiger partial charge in [-0.3, -0.25) is 0 Å². The lowest BCUT2D eigenvalue weighted by atomic mass is 10.2. The molecule has 0 spiro atoms. The van der Waals surface area contributed by atoms with E-state index in [1.54, 1.807) is 24.0 Å². The number of halogens is 2. The molecule has 1 N–H and O–H groups in total. The van der Waals surface area contributed by atoms with Gasteiger partial charge >= 0.3 is 6.09 Å². The zero-order chi connectivity index (χ0) is 23.8. The number of amides is 1. The van der Waals surface area contributed by atoms with E-state index in [4.69, 9.17) is 8.85 Å². The van der Waals surface area contributed by atoms with Crippen LogP contribution in [-0.2, 0) is 11.7 Å². The number of anilines is 1. The Morgan fingerprint density at radius 2 is 2.14 bits per heavy atom. The van der Waals surface area contributed by atoms with E-state index in [0.717, 1.165) is 0 Å². The summed E-state index contributed by atoms with van der Waals surface area (Å²) >= 11 is 0. The lowest BCUT2D eigenvalue weighted by molar-refractivity contribution is 0.0293. The molecule has 0 radical (unpaired) electrons. The minimum Gasteiger partial charge on any atom is -0.444 e. The van der Waals surface area contributed by atoms with E-state index in [-0.39, 0.29) is 22.6 Å². The van der Waals surface area contributed by atoms with Crippen molar-refractivity contribution < 1.29 is 22.4 Å². The van der Waals surface area contributed by atoms with Crippen LogP contribution in [0.3, 0.4) is 0 Å². The first-order valence-electron chi connectivity index (χ1n) is 10.7. The van der Waals surface area contributed by atoms with Gasteiger partial charge in [-0.2, -0.15) is 5.10 Å². The van der Waals surface area contributed by atoms with Gasteiger partial charge in [-0.05, 0) is 46.2 Å². The van der Waals surface area contributed by atoms with Crippen LogP contribution in [0.15, 0.2) is 12.1 Å².